The first-order valence-electron chi connectivity index (χ1n) is 11.3. The average molecular weight is 526 g/mol. The first-order chi connectivity index (χ1) is 16.6. The van der Waals surface area contributed by atoms with Crippen molar-refractivity contribution in [2.75, 3.05) is 17.3 Å². The van der Waals surface area contributed by atoms with Crippen molar-refractivity contribution in [2.45, 2.75) is 44.3 Å². The lowest BCUT2D eigenvalue weighted by Gasteiger charge is -2.21. The van der Waals surface area contributed by atoms with Crippen LogP contribution in [-0.4, -0.2) is 54.4 Å². The molecule has 10 heteroatoms. The zero-order valence-corrected chi connectivity index (χ0v) is 22.5. The summed E-state index contributed by atoms with van der Waals surface area (Å²) < 4.78 is 5.79. The van der Waals surface area contributed by atoms with E-state index in [1.807, 2.05) is 25.1 Å². The fourth-order valence-corrected chi connectivity index (χ4v) is 7.93. The summed E-state index contributed by atoms with van der Waals surface area (Å²) in [5.74, 6) is 2.60. The Kier molecular flexibility index (Phi) is 6.26. The van der Waals surface area contributed by atoms with Crippen molar-refractivity contribution in [2.24, 2.45) is 20.7 Å². The molecule has 182 valence electrons. The molecular weight excluding hydrogens is 499 g/mol. The summed E-state index contributed by atoms with van der Waals surface area (Å²) in [7, 11) is 0. The maximum Gasteiger partial charge on any atom is 0.270 e. The van der Waals surface area contributed by atoms with Crippen molar-refractivity contribution in [3.05, 3.63) is 59.3 Å². The fourth-order valence-electron chi connectivity index (χ4n) is 4.07. The van der Waals surface area contributed by atoms with Crippen LogP contribution in [0.1, 0.15) is 48.5 Å². The highest BCUT2D eigenvalue weighted by Gasteiger charge is 2.48. The zero-order valence-electron chi connectivity index (χ0n) is 20.1. The second-order valence-corrected chi connectivity index (χ2v) is 12.4. The molecule has 1 aromatic carbocycles. The summed E-state index contributed by atoms with van der Waals surface area (Å²) in [6.07, 6.45) is 4.19. The minimum atomic E-state index is -0.662. The fraction of sp³-hybridized carbons (Fsp3) is 0.400. The number of aromatic nitrogens is 1. The Morgan fingerprint density at radius 1 is 0.914 bits per heavy atom. The van der Waals surface area contributed by atoms with Crippen LogP contribution in [0.25, 0.3) is 6.08 Å². The van der Waals surface area contributed by atoms with Crippen molar-refractivity contribution in [1.29, 1.82) is 0 Å². The van der Waals surface area contributed by atoms with Gasteiger partial charge in [0.15, 0.2) is 5.69 Å². The van der Waals surface area contributed by atoms with E-state index in [9.17, 15) is 4.79 Å². The zero-order chi connectivity index (χ0) is 24.8. The lowest BCUT2D eigenvalue weighted by molar-refractivity contribution is 0.0994. The van der Waals surface area contributed by atoms with E-state index < -0.39 is 17.0 Å². The number of benzene rings is 1. The van der Waals surface area contributed by atoms with Gasteiger partial charge in [-0.05, 0) is 39.3 Å². The van der Waals surface area contributed by atoms with Gasteiger partial charge >= 0.3 is 0 Å². The minimum absolute atomic E-state index is 0.166. The molecule has 0 fully saturated rings. The molecule has 0 saturated carbocycles. The number of rotatable bonds is 6. The molecule has 7 nitrogen and oxygen atoms in total. The predicted octanol–water partition coefficient (Wildman–Crippen LogP) is 4.96. The quantitative estimate of drug-likeness (QED) is 0.571. The number of nitrogens with zero attached hydrogens (tertiary/aromatic N) is 4. The number of aryl methyl sites for hydroxylation is 1. The van der Waals surface area contributed by atoms with Gasteiger partial charge in [0.05, 0.1) is 15.1 Å². The van der Waals surface area contributed by atoms with Gasteiger partial charge in [-0.2, -0.15) is 0 Å². The lowest BCUT2D eigenvalue weighted by atomic mass is 10.0. The number of hydrogen-bond acceptors (Lipinski definition) is 9. The Hall–Kier alpha value is -2.30. The third-order valence-corrected chi connectivity index (χ3v) is 10.4. The lowest BCUT2D eigenvalue weighted by Crippen LogP contribution is -2.33. The van der Waals surface area contributed by atoms with E-state index in [-0.39, 0.29) is 11.2 Å². The molecule has 0 saturated heterocycles. The summed E-state index contributed by atoms with van der Waals surface area (Å²) in [5.41, 5.74) is 5.32. The van der Waals surface area contributed by atoms with Crippen LogP contribution in [0.3, 0.4) is 0 Å². The number of aliphatic imine (C=N–C) groups is 3. The molecule has 0 bridgehead atoms. The number of carbonyl (C=O) groups is 1. The number of carbonyl (C=O) groups excluding carboxylic acids is 1. The van der Waals surface area contributed by atoms with Crippen LogP contribution in [0, 0.1) is 6.92 Å². The molecule has 35 heavy (non-hydrogen) atoms. The van der Waals surface area contributed by atoms with E-state index in [1.165, 1.54) is 0 Å². The van der Waals surface area contributed by atoms with E-state index in [2.05, 4.69) is 43.1 Å². The molecule has 1 aromatic heterocycles. The number of primary amides is 1. The second kappa shape index (κ2) is 8.97. The Morgan fingerprint density at radius 2 is 1.51 bits per heavy atom. The maximum atomic E-state index is 11.6. The third kappa shape index (κ3) is 4.63. The van der Waals surface area contributed by atoms with Crippen molar-refractivity contribution < 1.29 is 9.21 Å². The van der Waals surface area contributed by atoms with E-state index in [1.54, 1.807) is 42.2 Å². The van der Waals surface area contributed by atoms with Crippen LogP contribution >= 0.6 is 35.3 Å². The summed E-state index contributed by atoms with van der Waals surface area (Å²) in [6.45, 7) is 7.97. The van der Waals surface area contributed by atoms with Gasteiger partial charge in [-0.25, -0.2) is 4.98 Å². The molecule has 3 atom stereocenters. The first-order valence-corrected chi connectivity index (χ1v) is 14.3. The molecule has 2 aromatic rings. The molecule has 0 unspecified atom stereocenters. The SMILES string of the molecule is Cc1oc([C@]2(C)CSC([C@]3(C)CSC([C@]4(C)CSC(/C=C/c5ccccc5)=N4)=N3)=N2)nc1C(N)=O. The molecular formula is C25H27N5O2S3. The molecule has 3 aliphatic rings. The topological polar surface area (TPSA) is 106 Å². The summed E-state index contributed by atoms with van der Waals surface area (Å²) >= 11 is 5.21. The average Bonchev–Trinajstić information content (AvgIpc) is 3.60. The molecule has 0 spiro atoms. The molecule has 3 aliphatic heterocycles. The van der Waals surface area contributed by atoms with Crippen LogP contribution in [0.5, 0.6) is 0 Å². The largest absolute Gasteiger partial charge is 0.442 e. The second-order valence-electron chi connectivity index (χ2n) is 9.50. The molecule has 1 amide bonds. The Balaban J connectivity index is 1.37. The molecule has 2 N–H and O–H groups in total. The van der Waals surface area contributed by atoms with Crippen LogP contribution in [0.2, 0.25) is 0 Å². The van der Waals surface area contributed by atoms with E-state index in [0.717, 1.165) is 32.2 Å². The van der Waals surface area contributed by atoms with Gasteiger partial charge in [-0.1, -0.05) is 36.4 Å². The van der Waals surface area contributed by atoms with E-state index >= 15 is 0 Å². The van der Waals surface area contributed by atoms with E-state index in [0.29, 0.717) is 17.4 Å². The number of oxazole rings is 1. The van der Waals surface area contributed by atoms with Crippen molar-refractivity contribution >= 4 is 62.4 Å². The van der Waals surface area contributed by atoms with Crippen molar-refractivity contribution in [3.8, 4) is 0 Å². The van der Waals surface area contributed by atoms with E-state index in [4.69, 9.17) is 25.1 Å². The molecule has 0 radical (unpaired) electrons. The van der Waals surface area contributed by atoms with Gasteiger partial charge < -0.3 is 10.2 Å². The number of thioether (sulfide) groups is 3. The Labute approximate surface area is 217 Å². The monoisotopic (exact) mass is 525 g/mol. The Bertz CT molecular complexity index is 1300. The van der Waals surface area contributed by atoms with Gasteiger partial charge in [-0.3, -0.25) is 19.8 Å². The van der Waals surface area contributed by atoms with Gasteiger partial charge in [-0.15, -0.1) is 35.3 Å². The summed E-state index contributed by atoms with van der Waals surface area (Å²) in [4.78, 5) is 31.2. The van der Waals surface area contributed by atoms with Crippen LogP contribution in [0.4, 0.5) is 0 Å². The first kappa shape index (κ1) is 24.4. The highest BCUT2D eigenvalue weighted by molar-refractivity contribution is 8.17. The molecule has 0 aliphatic carbocycles. The number of nitrogens with two attached hydrogens (primary N) is 1. The predicted molar refractivity (Wildman–Crippen MR) is 149 cm³/mol. The summed E-state index contributed by atoms with van der Waals surface area (Å²) in [6, 6.07) is 10.3. The molecule has 5 rings (SSSR count). The normalized spacial score (nSPS) is 30.6. The Morgan fingerprint density at radius 3 is 2.17 bits per heavy atom. The van der Waals surface area contributed by atoms with Crippen molar-refractivity contribution in [1.82, 2.24) is 4.98 Å². The number of amides is 1. The van der Waals surface area contributed by atoms with Crippen LogP contribution < -0.4 is 5.73 Å². The summed E-state index contributed by atoms with van der Waals surface area (Å²) in [5, 5.41) is 3.04. The van der Waals surface area contributed by atoms with Crippen molar-refractivity contribution in [3.63, 3.8) is 0 Å². The minimum Gasteiger partial charge on any atom is -0.442 e. The highest BCUT2D eigenvalue weighted by Crippen LogP contribution is 2.46. The maximum absolute atomic E-state index is 11.6. The smallest absolute Gasteiger partial charge is 0.270 e. The molecule has 4 heterocycles. The third-order valence-electron chi connectivity index (χ3n) is 6.16. The van der Waals surface area contributed by atoms with Gasteiger partial charge in [0, 0.05) is 17.3 Å². The van der Waals surface area contributed by atoms with Gasteiger partial charge in [0.25, 0.3) is 5.91 Å². The van der Waals surface area contributed by atoms with Crippen LogP contribution in [-0.2, 0) is 5.54 Å². The van der Waals surface area contributed by atoms with Gasteiger partial charge in [0.2, 0.25) is 5.89 Å². The van der Waals surface area contributed by atoms with Crippen LogP contribution in [0.15, 0.2) is 55.8 Å². The highest BCUT2D eigenvalue weighted by atomic mass is 32.2. The number of hydrogen-bond donors (Lipinski definition) is 1. The van der Waals surface area contributed by atoms with Gasteiger partial charge in [0.1, 0.15) is 22.4 Å². The standard InChI is InChI=1S/C25H27N5O2S3/c1-15-18(19(26)31)27-20(32-15)23(2)12-34-22(29-23)25(4)14-35-21(30-25)24(3)13-33-17(28-24)11-10-16-8-6-5-7-9-16/h5-11H,12-14H2,1-4H3,(H2,26,31)/b11-10+/t23-,24-,25-/m0/s1.